The van der Waals surface area contributed by atoms with Gasteiger partial charge in [-0.1, -0.05) is 0 Å². The van der Waals surface area contributed by atoms with Gasteiger partial charge >= 0.3 is 0 Å². The van der Waals surface area contributed by atoms with Crippen LogP contribution in [0.5, 0.6) is 0 Å². The molecular formula is C16H24N2O2. The van der Waals surface area contributed by atoms with E-state index >= 15 is 0 Å². The topological polar surface area (TPSA) is 41.6 Å². The smallest absolute Gasteiger partial charge is 0.254 e. The molecule has 1 amide bonds. The molecule has 1 aliphatic heterocycles. The molecule has 1 aromatic rings. The minimum absolute atomic E-state index is 0.154. The van der Waals surface area contributed by atoms with Gasteiger partial charge in [0.25, 0.3) is 5.91 Å². The Balaban J connectivity index is 2.02. The van der Waals surface area contributed by atoms with Crippen LogP contribution in [0.2, 0.25) is 0 Å². The molecule has 110 valence electrons. The number of aryl methyl sites for hydroxylation is 1. The fourth-order valence-corrected chi connectivity index (χ4v) is 2.77. The number of anilines is 1. The molecule has 0 unspecified atom stereocenters. The lowest BCUT2D eigenvalue weighted by Crippen LogP contribution is -2.39. The Bertz CT molecular complexity index is 466. The second kappa shape index (κ2) is 6.75. The van der Waals surface area contributed by atoms with Crippen molar-refractivity contribution in [3.63, 3.8) is 0 Å². The monoisotopic (exact) mass is 276 g/mol. The summed E-state index contributed by atoms with van der Waals surface area (Å²) in [7, 11) is 3.63. The zero-order valence-corrected chi connectivity index (χ0v) is 12.6. The molecule has 0 aliphatic carbocycles. The number of carbonyl (C=O) groups excluding carboxylic acids is 1. The average Bonchev–Trinajstić information content (AvgIpc) is 2.47. The largest absolute Gasteiger partial charge is 0.388 e. The van der Waals surface area contributed by atoms with Gasteiger partial charge in [-0.15, -0.1) is 0 Å². The second-order valence-corrected chi connectivity index (χ2v) is 5.47. The third-order valence-electron chi connectivity index (χ3n) is 4.05. The molecule has 4 nitrogen and oxygen atoms in total. The third kappa shape index (κ3) is 3.31. The number of piperidine rings is 1. The number of rotatable bonds is 4. The van der Waals surface area contributed by atoms with Gasteiger partial charge < -0.3 is 15.0 Å². The SMILES string of the molecule is CNc1ccc(C(=O)N2CCC(COC)CC2)c(C)c1. The van der Waals surface area contributed by atoms with Gasteiger partial charge in [0.2, 0.25) is 0 Å². The first-order valence-corrected chi connectivity index (χ1v) is 7.22. The highest BCUT2D eigenvalue weighted by Gasteiger charge is 2.24. The van der Waals surface area contributed by atoms with E-state index in [2.05, 4.69) is 5.32 Å². The predicted octanol–water partition coefficient (Wildman–Crippen LogP) is 2.54. The number of hydrogen-bond donors (Lipinski definition) is 1. The lowest BCUT2D eigenvalue weighted by atomic mass is 9.96. The number of nitrogens with zero attached hydrogens (tertiary/aromatic N) is 1. The van der Waals surface area contributed by atoms with E-state index in [1.54, 1.807) is 7.11 Å². The Labute approximate surface area is 121 Å². The standard InChI is InChI=1S/C16H24N2O2/c1-12-10-14(17-2)4-5-15(12)16(19)18-8-6-13(7-9-18)11-20-3/h4-5,10,13,17H,6-9,11H2,1-3H3. The maximum Gasteiger partial charge on any atom is 0.254 e. The van der Waals surface area contributed by atoms with Crippen LogP contribution in [-0.2, 0) is 4.74 Å². The molecule has 2 rings (SSSR count). The third-order valence-corrected chi connectivity index (χ3v) is 4.05. The molecule has 1 N–H and O–H groups in total. The number of likely N-dealkylation sites (tertiary alicyclic amines) is 1. The van der Waals surface area contributed by atoms with Crippen molar-refractivity contribution in [3.8, 4) is 0 Å². The lowest BCUT2D eigenvalue weighted by molar-refractivity contribution is 0.0613. The predicted molar refractivity (Wildman–Crippen MR) is 81.2 cm³/mol. The molecule has 0 spiro atoms. The van der Waals surface area contributed by atoms with Crippen molar-refractivity contribution in [2.24, 2.45) is 5.92 Å². The summed E-state index contributed by atoms with van der Waals surface area (Å²) in [6, 6.07) is 5.90. The molecule has 1 aliphatic rings. The zero-order chi connectivity index (χ0) is 14.5. The Morgan fingerprint density at radius 3 is 2.65 bits per heavy atom. The summed E-state index contributed by atoms with van der Waals surface area (Å²) in [5, 5.41) is 3.09. The maximum atomic E-state index is 12.6. The van der Waals surface area contributed by atoms with Gasteiger partial charge in [0.1, 0.15) is 0 Å². The molecule has 1 fully saturated rings. The van der Waals surface area contributed by atoms with Gasteiger partial charge in [-0.05, 0) is 49.4 Å². The number of benzene rings is 1. The summed E-state index contributed by atoms with van der Waals surface area (Å²) in [5.74, 6) is 0.748. The summed E-state index contributed by atoms with van der Waals surface area (Å²) in [6.07, 6.45) is 2.07. The number of ether oxygens (including phenoxy) is 1. The van der Waals surface area contributed by atoms with Crippen LogP contribution in [0.1, 0.15) is 28.8 Å². The number of amides is 1. The van der Waals surface area contributed by atoms with E-state index in [0.29, 0.717) is 5.92 Å². The van der Waals surface area contributed by atoms with Crippen molar-refractivity contribution in [2.45, 2.75) is 19.8 Å². The molecule has 0 aromatic heterocycles. The van der Waals surface area contributed by atoms with E-state index in [-0.39, 0.29) is 5.91 Å². The van der Waals surface area contributed by atoms with Crippen LogP contribution < -0.4 is 5.32 Å². The number of carbonyl (C=O) groups is 1. The summed E-state index contributed by atoms with van der Waals surface area (Å²) in [6.45, 7) is 4.46. The molecule has 0 saturated carbocycles. The zero-order valence-electron chi connectivity index (χ0n) is 12.6. The first-order valence-electron chi connectivity index (χ1n) is 7.22. The van der Waals surface area contributed by atoms with Crippen molar-refractivity contribution in [1.82, 2.24) is 4.90 Å². The van der Waals surface area contributed by atoms with Gasteiger partial charge in [0, 0.05) is 45.1 Å². The van der Waals surface area contributed by atoms with Crippen LogP contribution in [0.3, 0.4) is 0 Å². The summed E-state index contributed by atoms with van der Waals surface area (Å²) in [4.78, 5) is 14.5. The van der Waals surface area contributed by atoms with E-state index in [0.717, 1.165) is 49.4 Å². The summed E-state index contributed by atoms with van der Waals surface area (Å²) >= 11 is 0. The van der Waals surface area contributed by atoms with Crippen LogP contribution in [-0.4, -0.2) is 44.7 Å². The molecule has 20 heavy (non-hydrogen) atoms. The molecule has 0 radical (unpaired) electrons. The minimum Gasteiger partial charge on any atom is -0.388 e. The highest BCUT2D eigenvalue weighted by atomic mass is 16.5. The first-order chi connectivity index (χ1) is 9.65. The number of hydrogen-bond acceptors (Lipinski definition) is 3. The van der Waals surface area contributed by atoms with Gasteiger partial charge in [-0.3, -0.25) is 4.79 Å². The van der Waals surface area contributed by atoms with E-state index in [9.17, 15) is 4.79 Å². The molecule has 0 atom stereocenters. The Kier molecular flexibility index (Phi) is 5.01. The second-order valence-electron chi connectivity index (χ2n) is 5.47. The minimum atomic E-state index is 0.154. The lowest BCUT2D eigenvalue weighted by Gasteiger charge is -2.32. The Morgan fingerprint density at radius 2 is 2.10 bits per heavy atom. The molecule has 1 heterocycles. The van der Waals surface area contributed by atoms with Gasteiger partial charge in [0.05, 0.1) is 0 Å². The van der Waals surface area contributed by atoms with E-state index in [1.165, 1.54) is 0 Å². The highest BCUT2D eigenvalue weighted by Crippen LogP contribution is 2.21. The van der Waals surface area contributed by atoms with Crippen molar-refractivity contribution in [1.29, 1.82) is 0 Å². The molecule has 4 heteroatoms. The fraction of sp³-hybridized carbons (Fsp3) is 0.562. The van der Waals surface area contributed by atoms with E-state index in [4.69, 9.17) is 4.74 Å². The van der Waals surface area contributed by atoms with Crippen LogP contribution >= 0.6 is 0 Å². The van der Waals surface area contributed by atoms with Crippen molar-refractivity contribution >= 4 is 11.6 Å². The van der Waals surface area contributed by atoms with Crippen LogP contribution in [0.15, 0.2) is 18.2 Å². The quantitative estimate of drug-likeness (QED) is 0.919. The van der Waals surface area contributed by atoms with Gasteiger partial charge in [-0.2, -0.15) is 0 Å². The average molecular weight is 276 g/mol. The van der Waals surface area contributed by atoms with Gasteiger partial charge in [-0.25, -0.2) is 0 Å². The van der Waals surface area contributed by atoms with Crippen molar-refractivity contribution in [2.75, 3.05) is 39.2 Å². The molecule has 0 bridgehead atoms. The first kappa shape index (κ1) is 14.9. The summed E-state index contributed by atoms with van der Waals surface area (Å²) < 4.78 is 5.20. The van der Waals surface area contributed by atoms with E-state index in [1.807, 2.05) is 37.1 Å². The molecular weight excluding hydrogens is 252 g/mol. The number of nitrogens with one attached hydrogen (secondary N) is 1. The molecule has 1 aromatic carbocycles. The highest BCUT2D eigenvalue weighted by molar-refractivity contribution is 5.96. The van der Waals surface area contributed by atoms with Crippen molar-refractivity contribution < 1.29 is 9.53 Å². The van der Waals surface area contributed by atoms with Crippen LogP contribution in [0.4, 0.5) is 5.69 Å². The maximum absolute atomic E-state index is 12.6. The Morgan fingerprint density at radius 1 is 1.40 bits per heavy atom. The fourth-order valence-electron chi connectivity index (χ4n) is 2.77. The van der Waals surface area contributed by atoms with Crippen LogP contribution in [0, 0.1) is 12.8 Å². The van der Waals surface area contributed by atoms with Gasteiger partial charge in [0.15, 0.2) is 0 Å². The van der Waals surface area contributed by atoms with Crippen LogP contribution in [0.25, 0.3) is 0 Å². The molecule has 1 saturated heterocycles. The normalized spacial score (nSPS) is 16.2. The van der Waals surface area contributed by atoms with E-state index < -0.39 is 0 Å². The number of methoxy groups -OCH3 is 1. The summed E-state index contributed by atoms with van der Waals surface area (Å²) in [5.41, 5.74) is 2.88. The van der Waals surface area contributed by atoms with Crippen molar-refractivity contribution in [3.05, 3.63) is 29.3 Å². The Hall–Kier alpha value is -1.55.